The van der Waals surface area contributed by atoms with E-state index < -0.39 is 13.7 Å². The Kier molecular flexibility index (Phi) is 7.30. The van der Waals surface area contributed by atoms with E-state index in [1.807, 2.05) is 20.8 Å². The number of carbonyl (C=O) groups is 1. The Bertz CT molecular complexity index is 454. The molecule has 0 aliphatic heterocycles. The van der Waals surface area contributed by atoms with Crippen LogP contribution in [0.15, 0.2) is 11.6 Å². The maximum Gasteiger partial charge on any atom is 0.311 e. The van der Waals surface area contributed by atoms with Gasteiger partial charge in [0.15, 0.2) is 8.32 Å². The maximum atomic E-state index is 12.0. The normalized spacial score (nSPS) is 27.6. The molecule has 1 aliphatic carbocycles. The molecule has 0 aromatic rings. The minimum absolute atomic E-state index is 0.147. The average molecular weight is 355 g/mol. The first-order chi connectivity index (χ1) is 10.8. The van der Waals surface area contributed by atoms with Gasteiger partial charge >= 0.3 is 5.97 Å². The molecule has 0 unspecified atom stereocenters. The standard InChI is InChI=1S/C20H38O3Si/c1-14(2)16-11-10-15(3)17(18(16)23-24(7,8)9)12-13-22-19(21)20(4,5)6/h12,14-16,18H,10-11,13H2,1-9H3/b17-12-/t15-,16+,18+/m1/s1. The van der Waals surface area contributed by atoms with Gasteiger partial charge in [0.05, 0.1) is 11.5 Å². The van der Waals surface area contributed by atoms with Crippen molar-refractivity contribution in [2.24, 2.45) is 23.2 Å². The average Bonchev–Trinajstić information content (AvgIpc) is 2.38. The summed E-state index contributed by atoms with van der Waals surface area (Å²) in [4.78, 5) is 12.0. The zero-order chi connectivity index (χ0) is 18.7. The lowest BCUT2D eigenvalue weighted by Gasteiger charge is -2.42. The lowest BCUT2D eigenvalue weighted by molar-refractivity contribution is -0.151. The molecule has 0 bridgehead atoms. The molecule has 24 heavy (non-hydrogen) atoms. The quantitative estimate of drug-likeness (QED) is 0.375. The molecule has 0 aromatic heterocycles. The fourth-order valence-electron chi connectivity index (χ4n) is 3.25. The highest BCUT2D eigenvalue weighted by molar-refractivity contribution is 6.69. The third kappa shape index (κ3) is 6.36. The summed E-state index contributed by atoms with van der Waals surface area (Å²) in [6.07, 6.45) is 4.70. The summed E-state index contributed by atoms with van der Waals surface area (Å²) in [6.45, 7) is 19.6. The smallest absolute Gasteiger partial charge is 0.311 e. The second-order valence-electron chi connectivity index (χ2n) is 9.59. The van der Waals surface area contributed by atoms with E-state index in [0.29, 0.717) is 24.4 Å². The number of rotatable bonds is 5. The van der Waals surface area contributed by atoms with Crippen LogP contribution in [0, 0.1) is 23.2 Å². The van der Waals surface area contributed by atoms with Crippen molar-refractivity contribution in [1.29, 1.82) is 0 Å². The topological polar surface area (TPSA) is 35.5 Å². The van der Waals surface area contributed by atoms with Gasteiger partial charge in [0.25, 0.3) is 0 Å². The summed E-state index contributed by atoms with van der Waals surface area (Å²) in [6, 6.07) is 0. The molecule has 0 heterocycles. The summed E-state index contributed by atoms with van der Waals surface area (Å²) < 4.78 is 12.1. The third-order valence-electron chi connectivity index (χ3n) is 4.70. The second kappa shape index (κ2) is 8.18. The van der Waals surface area contributed by atoms with E-state index in [2.05, 4.69) is 46.5 Å². The van der Waals surface area contributed by atoms with Gasteiger partial charge in [-0.15, -0.1) is 0 Å². The molecular formula is C20H38O3Si. The van der Waals surface area contributed by atoms with E-state index in [0.717, 1.165) is 0 Å². The zero-order valence-corrected chi connectivity index (χ0v) is 18.2. The first-order valence-electron chi connectivity index (χ1n) is 9.38. The fourth-order valence-corrected chi connectivity index (χ4v) is 4.33. The lowest BCUT2D eigenvalue weighted by Crippen LogP contribution is -2.43. The molecule has 140 valence electrons. The van der Waals surface area contributed by atoms with E-state index in [-0.39, 0.29) is 12.1 Å². The van der Waals surface area contributed by atoms with Crippen molar-refractivity contribution >= 4 is 14.3 Å². The van der Waals surface area contributed by atoms with Crippen molar-refractivity contribution in [3.63, 3.8) is 0 Å². The number of carbonyl (C=O) groups excluding carboxylic acids is 1. The third-order valence-corrected chi connectivity index (χ3v) is 5.66. The highest BCUT2D eigenvalue weighted by atomic mass is 28.4. The Balaban J connectivity index is 2.95. The van der Waals surface area contributed by atoms with E-state index >= 15 is 0 Å². The molecule has 0 saturated heterocycles. The predicted octanol–water partition coefficient (Wildman–Crippen LogP) is 5.42. The molecule has 3 atom stereocenters. The molecule has 4 heteroatoms. The highest BCUT2D eigenvalue weighted by Gasteiger charge is 2.37. The molecule has 0 spiro atoms. The lowest BCUT2D eigenvalue weighted by atomic mass is 9.72. The molecular weight excluding hydrogens is 316 g/mol. The van der Waals surface area contributed by atoms with Gasteiger partial charge < -0.3 is 9.16 Å². The number of hydrogen-bond donors (Lipinski definition) is 0. The molecule has 3 nitrogen and oxygen atoms in total. The second-order valence-corrected chi connectivity index (χ2v) is 14.1. The maximum absolute atomic E-state index is 12.0. The van der Waals surface area contributed by atoms with Crippen LogP contribution < -0.4 is 0 Å². The van der Waals surface area contributed by atoms with E-state index in [1.54, 1.807) is 0 Å². The van der Waals surface area contributed by atoms with Gasteiger partial charge in [0.1, 0.15) is 6.61 Å². The van der Waals surface area contributed by atoms with Gasteiger partial charge in [-0.25, -0.2) is 0 Å². The van der Waals surface area contributed by atoms with Crippen LogP contribution in [0.3, 0.4) is 0 Å². The summed E-state index contributed by atoms with van der Waals surface area (Å²) in [7, 11) is -1.64. The van der Waals surface area contributed by atoms with Gasteiger partial charge in [-0.2, -0.15) is 0 Å². The molecule has 1 saturated carbocycles. The summed E-state index contributed by atoms with van der Waals surface area (Å²) in [5, 5.41) is 0. The zero-order valence-electron chi connectivity index (χ0n) is 17.2. The van der Waals surface area contributed by atoms with Crippen LogP contribution in [0.1, 0.15) is 54.4 Å². The van der Waals surface area contributed by atoms with Gasteiger partial charge in [-0.05, 0) is 82.7 Å². The van der Waals surface area contributed by atoms with Crippen molar-refractivity contribution in [3.8, 4) is 0 Å². The van der Waals surface area contributed by atoms with Crippen LogP contribution in [0.25, 0.3) is 0 Å². The van der Waals surface area contributed by atoms with Crippen molar-refractivity contribution in [3.05, 3.63) is 11.6 Å². The van der Waals surface area contributed by atoms with Crippen molar-refractivity contribution in [1.82, 2.24) is 0 Å². The molecule has 0 N–H and O–H groups in total. The minimum atomic E-state index is -1.64. The Morgan fingerprint density at radius 1 is 1.25 bits per heavy atom. The Morgan fingerprint density at radius 2 is 1.83 bits per heavy atom. The molecule has 1 fully saturated rings. The number of hydrogen-bond acceptors (Lipinski definition) is 3. The molecule has 0 amide bonds. The van der Waals surface area contributed by atoms with Crippen molar-refractivity contribution in [2.45, 2.75) is 80.1 Å². The van der Waals surface area contributed by atoms with Gasteiger partial charge in [-0.1, -0.05) is 20.8 Å². The minimum Gasteiger partial charge on any atom is -0.461 e. The largest absolute Gasteiger partial charge is 0.461 e. The van der Waals surface area contributed by atoms with E-state index in [1.165, 1.54) is 18.4 Å². The van der Waals surface area contributed by atoms with Gasteiger partial charge in [0, 0.05) is 0 Å². The molecule has 0 radical (unpaired) electrons. The molecule has 1 rings (SSSR count). The van der Waals surface area contributed by atoms with Crippen molar-refractivity contribution < 1.29 is 14.0 Å². The number of ether oxygens (including phenoxy) is 1. The van der Waals surface area contributed by atoms with Crippen LogP contribution in [0.5, 0.6) is 0 Å². The predicted molar refractivity (Wildman–Crippen MR) is 103 cm³/mol. The van der Waals surface area contributed by atoms with Crippen molar-refractivity contribution in [2.75, 3.05) is 6.61 Å². The first-order valence-corrected chi connectivity index (χ1v) is 12.8. The monoisotopic (exact) mass is 354 g/mol. The first kappa shape index (κ1) is 21.4. The van der Waals surface area contributed by atoms with Crippen LogP contribution in [-0.2, 0) is 14.0 Å². The van der Waals surface area contributed by atoms with Gasteiger partial charge in [0.2, 0.25) is 0 Å². The van der Waals surface area contributed by atoms with Crippen LogP contribution in [0.2, 0.25) is 19.6 Å². The highest BCUT2D eigenvalue weighted by Crippen LogP contribution is 2.40. The van der Waals surface area contributed by atoms with Gasteiger partial charge in [-0.3, -0.25) is 4.79 Å². The Hall–Kier alpha value is -0.613. The van der Waals surface area contributed by atoms with E-state index in [9.17, 15) is 4.79 Å². The summed E-state index contributed by atoms with van der Waals surface area (Å²) in [5.74, 6) is 1.50. The van der Waals surface area contributed by atoms with Crippen LogP contribution in [-0.4, -0.2) is 27.0 Å². The van der Waals surface area contributed by atoms with Crippen LogP contribution in [0.4, 0.5) is 0 Å². The van der Waals surface area contributed by atoms with Crippen LogP contribution >= 0.6 is 0 Å². The Morgan fingerprint density at radius 3 is 2.29 bits per heavy atom. The summed E-state index contributed by atoms with van der Waals surface area (Å²) >= 11 is 0. The Labute approximate surface area is 150 Å². The van der Waals surface area contributed by atoms with E-state index in [4.69, 9.17) is 9.16 Å². The number of esters is 1. The SMILES string of the molecule is CC(C)[C@@H]1CC[C@@H](C)/C(=C/COC(=O)C(C)(C)C)[C@H]1O[Si](C)(C)C. The fraction of sp³-hybridized carbons (Fsp3) is 0.850. The summed E-state index contributed by atoms with van der Waals surface area (Å²) in [5.41, 5.74) is 0.884. The molecule has 1 aliphatic rings. The molecule has 0 aromatic carbocycles.